The fraction of sp³-hybridized carbons (Fsp3) is 0.167. The van der Waals surface area contributed by atoms with Crippen LogP contribution in [0.5, 0.6) is 5.75 Å². The molecule has 1 aromatic carbocycles. The van der Waals surface area contributed by atoms with Crippen LogP contribution in [-0.4, -0.2) is 6.79 Å². The minimum absolute atomic E-state index is 0.00422. The maximum Gasteiger partial charge on any atom is 0.189 e. The molecule has 0 saturated heterocycles. The molecule has 0 saturated carbocycles. The van der Waals surface area contributed by atoms with Crippen LogP contribution in [0.15, 0.2) is 17.7 Å². The molecule has 1 aliphatic heterocycles. The van der Waals surface area contributed by atoms with Crippen molar-refractivity contribution in [1.29, 1.82) is 10.5 Å². The lowest BCUT2D eigenvalue weighted by Gasteiger charge is -2.19. The van der Waals surface area contributed by atoms with Crippen LogP contribution in [0.25, 0.3) is 6.08 Å². The van der Waals surface area contributed by atoms with E-state index in [4.69, 9.17) is 31.6 Å². The molecule has 0 fully saturated rings. The lowest BCUT2D eigenvalue weighted by atomic mass is 10.1. The van der Waals surface area contributed by atoms with E-state index in [1.54, 1.807) is 24.3 Å². The zero-order valence-electron chi connectivity index (χ0n) is 8.74. The number of hydrogen-bond acceptors (Lipinski definition) is 4. The number of rotatable bonds is 1. The standard InChI is InChI=1S/C12H7ClN2O2/c13-11-2-9(1-8(4-14)5-15)12-10(3-11)6-16-7-17-12/h1-3H,6-7H2. The van der Waals surface area contributed by atoms with Gasteiger partial charge in [-0.1, -0.05) is 11.6 Å². The normalized spacial score (nSPS) is 12.6. The van der Waals surface area contributed by atoms with E-state index in [0.29, 0.717) is 22.9 Å². The smallest absolute Gasteiger partial charge is 0.189 e. The van der Waals surface area contributed by atoms with Crippen molar-refractivity contribution in [2.75, 3.05) is 6.79 Å². The molecule has 0 aromatic heterocycles. The Labute approximate surface area is 103 Å². The minimum atomic E-state index is 0.00422. The first kappa shape index (κ1) is 11.5. The van der Waals surface area contributed by atoms with Crippen molar-refractivity contribution in [3.05, 3.63) is 33.9 Å². The Hall–Kier alpha value is -2.01. The summed E-state index contributed by atoms with van der Waals surface area (Å²) in [6, 6.07) is 6.99. The van der Waals surface area contributed by atoms with Crippen LogP contribution >= 0.6 is 11.6 Å². The van der Waals surface area contributed by atoms with Crippen LogP contribution in [-0.2, 0) is 11.3 Å². The maximum atomic E-state index is 8.72. The van der Waals surface area contributed by atoms with E-state index in [2.05, 4.69) is 0 Å². The Morgan fingerprint density at radius 2 is 2.12 bits per heavy atom. The molecule has 0 radical (unpaired) electrons. The van der Waals surface area contributed by atoms with Gasteiger partial charge in [0.25, 0.3) is 0 Å². The third kappa shape index (κ3) is 2.39. The highest BCUT2D eigenvalue weighted by Gasteiger charge is 2.15. The van der Waals surface area contributed by atoms with Crippen molar-refractivity contribution in [2.45, 2.75) is 6.61 Å². The monoisotopic (exact) mass is 246 g/mol. The summed E-state index contributed by atoms with van der Waals surface area (Å²) >= 11 is 5.95. The first-order valence-corrected chi connectivity index (χ1v) is 5.17. The average molecular weight is 247 g/mol. The van der Waals surface area contributed by atoms with Crippen LogP contribution in [0, 0.1) is 22.7 Å². The van der Waals surface area contributed by atoms with Crippen LogP contribution in [0.1, 0.15) is 11.1 Å². The number of ether oxygens (including phenoxy) is 2. The van der Waals surface area contributed by atoms with Gasteiger partial charge in [0.05, 0.1) is 6.61 Å². The highest BCUT2D eigenvalue weighted by molar-refractivity contribution is 6.30. The van der Waals surface area contributed by atoms with Gasteiger partial charge in [0, 0.05) is 16.1 Å². The third-order valence-electron chi connectivity index (χ3n) is 2.24. The molecule has 5 heteroatoms. The maximum absolute atomic E-state index is 8.72. The van der Waals surface area contributed by atoms with Crippen molar-refractivity contribution < 1.29 is 9.47 Å². The fourth-order valence-corrected chi connectivity index (χ4v) is 1.81. The molecule has 0 bridgehead atoms. The summed E-state index contributed by atoms with van der Waals surface area (Å²) in [5.41, 5.74) is 1.43. The zero-order chi connectivity index (χ0) is 12.3. The molecule has 4 nitrogen and oxygen atoms in total. The molecule has 17 heavy (non-hydrogen) atoms. The van der Waals surface area contributed by atoms with Gasteiger partial charge in [0.15, 0.2) is 6.79 Å². The van der Waals surface area contributed by atoms with Crippen molar-refractivity contribution >= 4 is 17.7 Å². The molecule has 1 aliphatic rings. The van der Waals surface area contributed by atoms with Gasteiger partial charge in [-0.3, -0.25) is 0 Å². The van der Waals surface area contributed by atoms with Crippen molar-refractivity contribution in [3.63, 3.8) is 0 Å². The van der Waals surface area contributed by atoms with Gasteiger partial charge in [-0.25, -0.2) is 0 Å². The molecule has 0 amide bonds. The second-order valence-electron chi connectivity index (χ2n) is 3.38. The van der Waals surface area contributed by atoms with E-state index in [-0.39, 0.29) is 12.4 Å². The molecule has 0 N–H and O–H groups in total. The SMILES string of the molecule is N#CC(C#N)=Cc1cc(Cl)cc2c1OCOC2. The Bertz CT molecular complexity index is 551. The molecule has 84 valence electrons. The average Bonchev–Trinajstić information content (AvgIpc) is 2.35. The largest absolute Gasteiger partial charge is 0.467 e. The summed E-state index contributed by atoms with van der Waals surface area (Å²) in [7, 11) is 0. The van der Waals surface area contributed by atoms with Crippen LogP contribution < -0.4 is 4.74 Å². The lowest BCUT2D eigenvalue weighted by Crippen LogP contribution is -2.12. The third-order valence-corrected chi connectivity index (χ3v) is 2.46. The summed E-state index contributed by atoms with van der Waals surface area (Å²) < 4.78 is 10.5. The fourth-order valence-electron chi connectivity index (χ4n) is 1.56. The van der Waals surface area contributed by atoms with Gasteiger partial charge >= 0.3 is 0 Å². The molecule has 1 heterocycles. The summed E-state index contributed by atoms with van der Waals surface area (Å²) in [5.74, 6) is 0.614. The van der Waals surface area contributed by atoms with Gasteiger partial charge in [-0.2, -0.15) is 10.5 Å². The van der Waals surface area contributed by atoms with Gasteiger partial charge in [-0.15, -0.1) is 0 Å². The Morgan fingerprint density at radius 3 is 2.82 bits per heavy atom. The molecular weight excluding hydrogens is 240 g/mol. The summed E-state index contributed by atoms with van der Waals surface area (Å²) in [5, 5.41) is 18.0. The molecule has 1 aromatic rings. The first-order valence-electron chi connectivity index (χ1n) is 4.79. The second kappa shape index (κ2) is 4.88. The molecule has 0 unspecified atom stereocenters. The quantitative estimate of drug-likeness (QED) is 0.715. The van der Waals surface area contributed by atoms with E-state index >= 15 is 0 Å². The summed E-state index contributed by atoms with van der Waals surface area (Å²) in [4.78, 5) is 0. The van der Waals surface area contributed by atoms with E-state index < -0.39 is 0 Å². The molecule has 0 spiro atoms. The number of halogens is 1. The number of allylic oxidation sites excluding steroid dienone is 1. The van der Waals surface area contributed by atoms with Crippen molar-refractivity contribution in [3.8, 4) is 17.9 Å². The first-order chi connectivity index (χ1) is 8.24. The second-order valence-corrected chi connectivity index (χ2v) is 3.81. The molecule has 0 atom stereocenters. The highest BCUT2D eigenvalue weighted by atomic mass is 35.5. The minimum Gasteiger partial charge on any atom is -0.467 e. The number of nitriles is 2. The van der Waals surface area contributed by atoms with E-state index in [1.165, 1.54) is 6.08 Å². The topological polar surface area (TPSA) is 66.0 Å². The Balaban J connectivity index is 2.55. The molecular formula is C12H7ClN2O2. The number of nitrogens with zero attached hydrogens (tertiary/aromatic N) is 2. The van der Waals surface area contributed by atoms with Crippen LogP contribution in [0.4, 0.5) is 0 Å². The summed E-state index contributed by atoms with van der Waals surface area (Å²) in [6.07, 6.45) is 1.45. The number of fused-ring (bicyclic) bond motifs is 1. The Kier molecular flexibility index (Phi) is 3.30. The molecule has 2 rings (SSSR count). The predicted octanol–water partition coefficient (Wildman–Crippen LogP) is 2.64. The van der Waals surface area contributed by atoms with Crippen molar-refractivity contribution in [2.24, 2.45) is 0 Å². The number of hydrogen-bond donors (Lipinski definition) is 0. The highest BCUT2D eigenvalue weighted by Crippen LogP contribution is 2.32. The lowest BCUT2D eigenvalue weighted by molar-refractivity contribution is -0.0165. The number of benzene rings is 1. The predicted molar refractivity (Wildman–Crippen MR) is 60.9 cm³/mol. The van der Waals surface area contributed by atoms with Gasteiger partial charge in [-0.05, 0) is 18.2 Å². The van der Waals surface area contributed by atoms with Gasteiger partial charge < -0.3 is 9.47 Å². The molecule has 0 aliphatic carbocycles. The van der Waals surface area contributed by atoms with Crippen LogP contribution in [0.3, 0.4) is 0 Å². The van der Waals surface area contributed by atoms with E-state index in [0.717, 1.165) is 5.56 Å². The van der Waals surface area contributed by atoms with Gasteiger partial charge in [0.2, 0.25) is 0 Å². The van der Waals surface area contributed by atoms with Crippen LogP contribution in [0.2, 0.25) is 5.02 Å². The van der Waals surface area contributed by atoms with Crippen molar-refractivity contribution in [1.82, 2.24) is 0 Å². The zero-order valence-corrected chi connectivity index (χ0v) is 9.49. The van der Waals surface area contributed by atoms with Gasteiger partial charge in [0.1, 0.15) is 23.5 Å². The van der Waals surface area contributed by atoms with E-state index in [9.17, 15) is 0 Å². The summed E-state index contributed by atoms with van der Waals surface area (Å²) in [6.45, 7) is 0.565. The van der Waals surface area contributed by atoms with E-state index in [1.807, 2.05) is 0 Å². The Morgan fingerprint density at radius 1 is 1.35 bits per heavy atom.